The van der Waals surface area contributed by atoms with E-state index in [4.69, 9.17) is 11.6 Å². The molecule has 1 saturated heterocycles. The van der Waals surface area contributed by atoms with Gasteiger partial charge in [-0.3, -0.25) is 14.5 Å². The third-order valence-corrected chi connectivity index (χ3v) is 6.01. The van der Waals surface area contributed by atoms with Crippen LogP contribution >= 0.6 is 11.6 Å². The zero-order valence-corrected chi connectivity index (χ0v) is 19.1. The van der Waals surface area contributed by atoms with Crippen LogP contribution in [0.5, 0.6) is 0 Å². The van der Waals surface area contributed by atoms with E-state index in [9.17, 15) is 27.2 Å². The number of nitrogens with zero attached hydrogens (tertiary/aromatic N) is 3. The molecule has 3 aromatic rings. The SMILES string of the molecule is CC(C)c1c(C(=O)NC2CCN(CC(F)(F)F)C2)cn2nc(-c3ccc(Cl)c(F)c3)[nH]c(=O)c12. The molecule has 182 valence electrons. The minimum Gasteiger partial charge on any atom is -0.348 e. The second-order valence-corrected chi connectivity index (χ2v) is 9.05. The number of fused-ring (bicyclic) bond motifs is 1. The summed E-state index contributed by atoms with van der Waals surface area (Å²) in [7, 11) is 0. The maximum atomic E-state index is 13.9. The number of carbonyl (C=O) groups is 1. The number of nitrogens with one attached hydrogen (secondary N) is 2. The van der Waals surface area contributed by atoms with Gasteiger partial charge in [-0.2, -0.15) is 13.2 Å². The molecule has 1 amide bonds. The zero-order valence-electron chi connectivity index (χ0n) is 18.3. The van der Waals surface area contributed by atoms with Crippen LogP contribution in [0.3, 0.4) is 0 Å². The molecular weight excluding hydrogens is 478 g/mol. The highest BCUT2D eigenvalue weighted by atomic mass is 35.5. The Balaban J connectivity index is 1.65. The maximum absolute atomic E-state index is 13.9. The number of likely N-dealkylation sites (tertiary alicyclic amines) is 1. The Morgan fingerprint density at radius 2 is 2.09 bits per heavy atom. The number of alkyl halides is 3. The molecule has 0 saturated carbocycles. The van der Waals surface area contributed by atoms with Gasteiger partial charge in [0.2, 0.25) is 0 Å². The molecule has 2 aromatic heterocycles. The van der Waals surface area contributed by atoms with Crippen LogP contribution < -0.4 is 10.9 Å². The number of H-pyrrole nitrogens is 1. The normalized spacial score (nSPS) is 17.1. The maximum Gasteiger partial charge on any atom is 0.401 e. The Labute approximate surface area is 196 Å². The lowest BCUT2D eigenvalue weighted by atomic mass is 9.99. The molecule has 2 N–H and O–H groups in total. The predicted molar refractivity (Wildman–Crippen MR) is 119 cm³/mol. The van der Waals surface area contributed by atoms with E-state index in [2.05, 4.69) is 15.4 Å². The molecule has 7 nitrogen and oxygen atoms in total. The average molecular weight is 500 g/mol. The van der Waals surface area contributed by atoms with E-state index < -0.39 is 36.0 Å². The van der Waals surface area contributed by atoms with Gasteiger partial charge in [0.05, 0.1) is 17.1 Å². The summed E-state index contributed by atoms with van der Waals surface area (Å²) in [6.07, 6.45) is -2.51. The van der Waals surface area contributed by atoms with Crippen LogP contribution in [0.25, 0.3) is 16.9 Å². The fourth-order valence-corrected chi connectivity index (χ4v) is 4.38. The molecular formula is C22H22ClF4N5O2. The van der Waals surface area contributed by atoms with Gasteiger partial charge in [0.25, 0.3) is 11.5 Å². The molecule has 1 atom stereocenters. The molecule has 1 aliphatic heterocycles. The van der Waals surface area contributed by atoms with E-state index in [1.165, 1.54) is 27.7 Å². The molecule has 4 rings (SSSR count). The van der Waals surface area contributed by atoms with Gasteiger partial charge in [0.1, 0.15) is 11.3 Å². The van der Waals surface area contributed by atoms with Gasteiger partial charge >= 0.3 is 6.18 Å². The van der Waals surface area contributed by atoms with Crippen LogP contribution in [0.1, 0.15) is 42.1 Å². The van der Waals surface area contributed by atoms with Crippen molar-refractivity contribution in [2.75, 3.05) is 19.6 Å². The van der Waals surface area contributed by atoms with Crippen molar-refractivity contribution in [3.63, 3.8) is 0 Å². The highest BCUT2D eigenvalue weighted by Crippen LogP contribution is 2.27. The van der Waals surface area contributed by atoms with E-state index in [-0.39, 0.29) is 40.9 Å². The van der Waals surface area contributed by atoms with E-state index in [1.807, 2.05) is 13.8 Å². The molecule has 1 fully saturated rings. The van der Waals surface area contributed by atoms with E-state index >= 15 is 0 Å². The van der Waals surface area contributed by atoms with Crippen molar-refractivity contribution in [1.82, 2.24) is 24.8 Å². The number of halogens is 5. The Morgan fingerprint density at radius 3 is 2.74 bits per heavy atom. The molecule has 0 spiro atoms. The lowest BCUT2D eigenvalue weighted by Crippen LogP contribution is -2.39. The highest BCUT2D eigenvalue weighted by molar-refractivity contribution is 6.30. The summed E-state index contributed by atoms with van der Waals surface area (Å²) < 4.78 is 53.1. The standard InChI is InChI=1S/C22H22ClF4N5O2/c1-11(2)17-14(20(33)28-13-5-6-31(8-13)10-22(25,26)27)9-32-18(17)21(34)29-19(30-32)12-3-4-15(23)16(24)7-12/h3-4,7,9,11,13H,5-6,8,10H2,1-2H3,(H,28,33)(H,29,30,34). The number of hydrogen-bond acceptors (Lipinski definition) is 4. The van der Waals surface area contributed by atoms with Gasteiger partial charge in [-0.05, 0) is 30.5 Å². The van der Waals surface area contributed by atoms with Gasteiger partial charge < -0.3 is 10.3 Å². The van der Waals surface area contributed by atoms with Crippen molar-refractivity contribution in [3.05, 3.63) is 56.7 Å². The van der Waals surface area contributed by atoms with Gasteiger partial charge in [-0.15, -0.1) is 5.10 Å². The van der Waals surface area contributed by atoms with Gasteiger partial charge in [0.15, 0.2) is 5.82 Å². The summed E-state index contributed by atoms with van der Waals surface area (Å²) in [6.45, 7) is 2.91. The van der Waals surface area contributed by atoms with Crippen molar-refractivity contribution in [3.8, 4) is 11.4 Å². The second-order valence-electron chi connectivity index (χ2n) is 8.65. The van der Waals surface area contributed by atoms with Gasteiger partial charge in [-0.1, -0.05) is 25.4 Å². The van der Waals surface area contributed by atoms with Crippen molar-refractivity contribution < 1.29 is 22.4 Å². The van der Waals surface area contributed by atoms with Crippen LogP contribution in [-0.2, 0) is 0 Å². The molecule has 1 unspecified atom stereocenters. The van der Waals surface area contributed by atoms with Crippen molar-refractivity contribution in [2.24, 2.45) is 0 Å². The summed E-state index contributed by atoms with van der Waals surface area (Å²) in [5.74, 6) is -1.30. The van der Waals surface area contributed by atoms with E-state index in [1.54, 1.807) is 0 Å². The monoisotopic (exact) mass is 499 g/mol. The second kappa shape index (κ2) is 9.03. The first-order chi connectivity index (χ1) is 15.9. The Hall–Kier alpha value is -2.92. The fraction of sp³-hybridized carbons (Fsp3) is 0.409. The number of carbonyl (C=O) groups excluding carboxylic acids is 1. The molecule has 3 heterocycles. The molecule has 1 aromatic carbocycles. The Bertz CT molecular complexity index is 1300. The third kappa shape index (κ3) is 4.95. The van der Waals surface area contributed by atoms with Crippen LogP contribution in [0.15, 0.2) is 29.2 Å². The predicted octanol–water partition coefficient (Wildman–Crippen LogP) is 3.97. The molecule has 34 heavy (non-hydrogen) atoms. The Morgan fingerprint density at radius 1 is 1.35 bits per heavy atom. The topological polar surface area (TPSA) is 82.5 Å². The Kier molecular flexibility index (Phi) is 6.43. The molecule has 0 bridgehead atoms. The minimum absolute atomic E-state index is 0.0742. The number of aromatic nitrogens is 3. The van der Waals surface area contributed by atoms with Crippen LogP contribution in [0.4, 0.5) is 17.6 Å². The summed E-state index contributed by atoms with van der Waals surface area (Å²) in [5, 5.41) is 7.05. The van der Waals surface area contributed by atoms with Crippen molar-refractivity contribution >= 4 is 23.0 Å². The highest BCUT2D eigenvalue weighted by Gasteiger charge is 2.35. The summed E-state index contributed by atoms with van der Waals surface area (Å²) >= 11 is 5.72. The van der Waals surface area contributed by atoms with Crippen LogP contribution in [-0.4, -0.2) is 57.3 Å². The van der Waals surface area contributed by atoms with Gasteiger partial charge in [-0.25, -0.2) is 8.91 Å². The fourth-order valence-electron chi connectivity index (χ4n) is 4.26. The summed E-state index contributed by atoms with van der Waals surface area (Å²) in [5.41, 5.74) is 0.623. The smallest absolute Gasteiger partial charge is 0.348 e. The largest absolute Gasteiger partial charge is 0.401 e. The number of rotatable bonds is 5. The zero-order chi connectivity index (χ0) is 24.8. The minimum atomic E-state index is -4.30. The van der Waals surface area contributed by atoms with Crippen molar-refractivity contribution in [1.29, 1.82) is 0 Å². The lowest BCUT2D eigenvalue weighted by molar-refractivity contribution is -0.143. The summed E-state index contributed by atoms with van der Waals surface area (Å²) in [6, 6.07) is 3.54. The average Bonchev–Trinajstić information content (AvgIpc) is 3.33. The first-order valence-electron chi connectivity index (χ1n) is 10.6. The van der Waals surface area contributed by atoms with E-state index in [0.29, 0.717) is 17.5 Å². The number of hydrogen-bond donors (Lipinski definition) is 2. The van der Waals surface area contributed by atoms with Crippen LogP contribution in [0, 0.1) is 5.82 Å². The molecule has 0 aliphatic carbocycles. The first kappa shape index (κ1) is 24.2. The number of amides is 1. The quantitative estimate of drug-likeness (QED) is 0.520. The van der Waals surface area contributed by atoms with Crippen molar-refractivity contribution in [2.45, 2.75) is 38.4 Å². The van der Waals surface area contributed by atoms with E-state index in [0.717, 1.165) is 6.07 Å². The molecule has 1 aliphatic rings. The lowest BCUT2D eigenvalue weighted by Gasteiger charge is -2.18. The van der Waals surface area contributed by atoms with Gasteiger partial charge in [0, 0.05) is 36.5 Å². The van der Waals surface area contributed by atoms with Crippen LogP contribution in [0.2, 0.25) is 5.02 Å². The summed E-state index contributed by atoms with van der Waals surface area (Å²) in [4.78, 5) is 29.9. The number of aromatic amines is 1. The molecule has 12 heteroatoms. The first-order valence-corrected chi connectivity index (χ1v) is 11.0. The number of benzene rings is 1. The third-order valence-electron chi connectivity index (χ3n) is 5.71. The molecule has 0 radical (unpaired) electrons.